The van der Waals surface area contributed by atoms with E-state index < -0.39 is 0 Å². The maximum atomic E-state index is 13.6. The van der Waals surface area contributed by atoms with E-state index in [0.29, 0.717) is 11.5 Å². The molecular formula is C24H22N6O. The third-order valence-electron chi connectivity index (χ3n) is 6.64. The summed E-state index contributed by atoms with van der Waals surface area (Å²) in [5, 5.41) is 8.45. The van der Waals surface area contributed by atoms with Crippen LogP contribution in [0.5, 0.6) is 0 Å². The number of para-hydroxylation sites is 3. The number of rotatable bonds is 4. The molecule has 2 aromatic heterocycles. The van der Waals surface area contributed by atoms with Crippen LogP contribution in [0, 0.1) is 5.92 Å². The molecule has 6 rings (SSSR count). The third-order valence-corrected chi connectivity index (χ3v) is 6.64. The molecule has 4 aromatic rings. The highest BCUT2D eigenvalue weighted by Crippen LogP contribution is 2.44. The zero-order valence-corrected chi connectivity index (χ0v) is 17.0. The molecule has 3 unspecified atom stereocenters. The third kappa shape index (κ3) is 3.08. The Morgan fingerprint density at radius 2 is 1.74 bits per heavy atom. The van der Waals surface area contributed by atoms with Crippen LogP contribution in [-0.4, -0.2) is 47.9 Å². The van der Waals surface area contributed by atoms with Gasteiger partial charge in [0.05, 0.1) is 40.4 Å². The number of fused-ring (bicyclic) bond motifs is 3. The SMILES string of the molecule is O=C(c1ccccc1-n1nccn1)N1C2CCC1C(Cc1cnc3ccccc3n1)C2. The molecular weight excluding hydrogens is 388 g/mol. The van der Waals surface area contributed by atoms with E-state index in [4.69, 9.17) is 4.98 Å². The number of benzene rings is 2. The lowest BCUT2D eigenvalue weighted by Gasteiger charge is -2.25. The normalized spacial score (nSPS) is 22.3. The number of hydrogen-bond acceptors (Lipinski definition) is 5. The summed E-state index contributed by atoms with van der Waals surface area (Å²) in [5.74, 6) is 0.487. The van der Waals surface area contributed by atoms with Crippen molar-refractivity contribution < 1.29 is 4.79 Å². The van der Waals surface area contributed by atoms with E-state index in [1.165, 1.54) is 4.80 Å². The number of nitrogens with zero attached hydrogens (tertiary/aromatic N) is 6. The van der Waals surface area contributed by atoms with Gasteiger partial charge in [0.2, 0.25) is 0 Å². The lowest BCUT2D eigenvalue weighted by atomic mass is 9.86. The van der Waals surface area contributed by atoms with Crippen LogP contribution in [0.2, 0.25) is 0 Å². The molecule has 1 amide bonds. The highest BCUT2D eigenvalue weighted by atomic mass is 16.2. The molecule has 0 aliphatic carbocycles. The summed E-state index contributed by atoms with van der Waals surface area (Å²) < 4.78 is 0. The monoisotopic (exact) mass is 410 g/mol. The quantitative estimate of drug-likeness (QED) is 0.515. The molecule has 154 valence electrons. The molecule has 3 atom stereocenters. The van der Waals surface area contributed by atoms with E-state index >= 15 is 0 Å². The Hall–Kier alpha value is -3.61. The van der Waals surface area contributed by atoms with Gasteiger partial charge in [0.25, 0.3) is 5.91 Å². The first-order chi connectivity index (χ1) is 15.3. The summed E-state index contributed by atoms with van der Waals surface area (Å²) >= 11 is 0. The minimum atomic E-state index is 0.0764. The molecule has 2 saturated heterocycles. The van der Waals surface area contributed by atoms with Crippen LogP contribution in [0.1, 0.15) is 35.3 Å². The maximum absolute atomic E-state index is 13.6. The fourth-order valence-electron chi connectivity index (χ4n) is 5.32. The topological polar surface area (TPSA) is 76.8 Å². The van der Waals surface area contributed by atoms with E-state index in [1.54, 1.807) is 12.4 Å². The van der Waals surface area contributed by atoms with Crippen LogP contribution in [0.3, 0.4) is 0 Å². The Morgan fingerprint density at radius 3 is 2.61 bits per heavy atom. The highest BCUT2D eigenvalue weighted by molar-refractivity contribution is 5.98. The van der Waals surface area contributed by atoms with Crippen LogP contribution in [0.15, 0.2) is 67.1 Å². The van der Waals surface area contributed by atoms with Gasteiger partial charge in [-0.05, 0) is 55.9 Å². The summed E-state index contributed by atoms with van der Waals surface area (Å²) in [5.41, 5.74) is 4.23. The lowest BCUT2D eigenvalue weighted by Crippen LogP contribution is -2.37. The summed E-state index contributed by atoms with van der Waals surface area (Å²) in [6, 6.07) is 16.1. The van der Waals surface area contributed by atoms with E-state index in [1.807, 2.05) is 54.7 Å². The van der Waals surface area contributed by atoms with Gasteiger partial charge in [-0.15, -0.1) is 0 Å². The molecule has 7 heteroatoms. The molecule has 0 spiro atoms. The zero-order chi connectivity index (χ0) is 20.8. The average molecular weight is 410 g/mol. The van der Waals surface area contributed by atoms with Gasteiger partial charge < -0.3 is 4.90 Å². The first-order valence-corrected chi connectivity index (χ1v) is 10.8. The Kier molecular flexibility index (Phi) is 4.26. The van der Waals surface area contributed by atoms with E-state index in [-0.39, 0.29) is 18.0 Å². The van der Waals surface area contributed by atoms with Crippen LogP contribution < -0.4 is 0 Å². The van der Waals surface area contributed by atoms with Crippen molar-refractivity contribution in [2.75, 3.05) is 0 Å². The van der Waals surface area contributed by atoms with Gasteiger partial charge in [-0.3, -0.25) is 9.78 Å². The van der Waals surface area contributed by atoms with Gasteiger partial charge in [0, 0.05) is 18.3 Å². The predicted octanol–water partition coefficient (Wildman–Crippen LogP) is 3.45. The molecule has 4 heterocycles. The van der Waals surface area contributed by atoms with E-state index in [2.05, 4.69) is 20.1 Å². The highest BCUT2D eigenvalue weighted by Gasteiger charge is 2.48. The van der Waals surface area contributed by atoms with Gasteiger partial charge in [-0.1, -0.05) is 24.3 Å². The molecule has 0 radical (unpaired) electrons. The molecule has 2 bridgehead atoms. The fraction of sp³-hybridized carbons (Fsp3) is 0.292. The second-order valence-corrected chi connectivity index (χ2v) is 8.40. The molecule has 2 fully saturated rings. The average Bonchev–Trinajstić information content (AvgIpc) is 3.55. The van der Waals surface area contributed by atoms with Gasteiger partial charge in [0.1, 0.15) is 0 Å². The first-order valence-electron chi connectivity index (χ1n) is 10.8. The lowest BCUT2D eigenvalue weighted by molar-refractivity contribution is 0.0718. The van der Waals surface area contributed by atoms with Crippen molar-refractivity contribution in [3.05, 3.63) is 78.4 Å². The number of aromatic nitrogens is 5. The second-order valence-electron chi connectivity index (χ2n) is 8.40. The summed E-state index contributed by atoms with van der Waals surface area (Å²) in [6.07, 6.45) is 9.13. The van der Waals surface area contributed by atoms with Crippen LogP contribution in [0.4, 0.5) is 0 Å². The van der Waals surface area contributed by atoms with Gasteiger partial charge in [0.15, 0.2) is 0 Å². The molecule has 2 aliphatic heterocycles. The standard InChI is InChI=1S/C24H22N6O/c31-24(19-5-1-4-8-23(19)30-26-11-12-27-30)29-18-9-10-22(29)16(14-18)13-17-15-25-20-6-2-3-7-21(20)28-17/h1-8,11-12,15-16,18,22H,9-10,13-14H2. The van der Waals surface area contributed by atoms with Crippen molar-refractivity contribution in [1.82, 2.24) is 29.9 Å². The summed E-state index contributed by atoms with van der Waals surface area (Å²) in [7, 11) is 0. The molecule has 2 aliphatic rings. The smallest absolute Gasteiger partial charge is 0.256 e. The maximum Gasteiger partial charge on any atom is 0.256 e. The largest absolute Gasteiger partial charge is 0.332 e. The molecule has 2 aromatic carbocycles. The minimum Gasteiger partial charge on any atom is -0.332 e. The van der Waals surface area contributed by atoms with Crippen molar-refractivity contribution in [3.8, 4) is 5.69 Å². The van der Waals surface area contributed by atoms with Crippen molar-refractivity contribution in [2.45, 2.75) is 37.8 Å². The summed E-state index contributed by atoms with van der Waals surface area (Å²) in [6.45, 7) is 0. The molecule has 0 N–H and O–H groups in total. The predicted molar refractivity (Wildman–Crippen MR) is 116 cm³/mol. The molecule has 7 nitrogen and oxygen atoms in total. The molecule has 31 heavy (non-hydrogen) atoms. The van der Waals surface area contributed by atoms with Gasteiger partial charge in [-0.2, -0.15) is 15.0 Å². The Morgan fingerprint density at radius 1 is 0.968 bits per heavy atom. The van der Waals surface area contributed by atoms with Gasteiger partial charge >= 0.3 is 0 Å². The van der Waals surface area contributed by atoms with Crippen molar-refractivity contribution in [2.24, 2.45) is 5.92 Å². The van der Waals surface area contributed by atoms with Crippen LogP contribution in [0.25, 0.3) is 16.7 Å². The van der Waals surface area contributed by atoms with Crippen LogP contribution >= 0.6 is 0 Å². The fourth-order valence-corrected chi connectivity index (χ4v) is 5.32. The van der Waals surface area contributed by atoms with Gasteiger partial charge in [-0.25, -0.2) is 4.98 Å². The first kappa shape index (κ1) is 18.2. The van der Waals surface area contributed by atoms with Crippen LogP contribution in [-0.2, 0) is 6.42 Å². The Balaban J connectivity index is 1.27. The van der Waals surface area contributed by atoms with E-state index in [0.717, 1.165) is 48.1 Å². The second kappa shape index (κ2) is 7.27. The summed E-state index contributed by atoms with van der Waals surface area (Å²) in [4.78, 5) is 26.6. The number of amides is 1. The van der Waals surface area contributed by atoms with E-state index in [9.17, 15) is 4.79 Å². The van der Waals surface area contributed by atoms with Crippen molar-refractivity contribution in [3.63, 3.8) is 0 Å². The van der Waals surface area contributed by atoms with Crippen molar-refractivity contribution >= 4 is 16.9 Å². The number of carbonyl (C=O) groups excluding carboxylic acids is 1. The number of hydrogen-bond donors (Lipinski definition) is 0. The van der Waals surface area contributed by atoms with Crippen molar-refractivity contribution in [1.29, 1.82) is 0 Å². The zero-order valence-electron chi connectivity index (χ0n) is 17.0. The number of carbonyl (C=O) groups is 1. The minimum absolute atomic E-state index is 0.0764. The Bertz CT molecular complexity index is 1250. The Labute approximate surface area is 179 Å². The molecule has 0 saturated carbocycles.